The lowest BCUT2D eigenvalue weighted by Crippen LogP contribution is -2.52. The van der Waals surface area contributed by atoms with E-state index in [1.54, 1.807) is 20.8 Å². The van der Waals surface area contributed by atoms with Gasteiger partial charge in [-0.15, -0.1) is 0 Å². The monoisotopic (exact) mass is 216 g/mol. The summed E-state index contributed by atoms with van der Waals surface area (Å²) in [6.45, 7) is 5.12. The molecular formula is C9H16N2O4. The molecule has 6 heteroatoms. The standard InChI is InChI=1S/C9H16N2O4/c1-8(2,3)15-5-9(10,11-6-12)7(13)14-4/h5,10H2,1-4H3/t9-/m0/s1. The van der Waals surface area contributed by atoms with Crippen LogP contribution in [0.25, 0.3) is 0 Å². The largest absolute Gasteiger partial charge is 0.466 e. The van der Waals surface area contributed by atoms with Crippen molar-refractivity contribution in [1.29, 1.82) is 0 Å². The molecule has 0 aliphatic carbocycles. The van der Waals surface area contributed by atoms with Gasteiger partial charge in [-0.2, -0.15) is 4.99 Å². The van der Waals surface area contributed by atoms with Gasteiger partial charge >= 0.3 is 5.97 Å². The lowest BCUT2D eigenvalue weighted by atomic mass is 10.1. The molecule has 0 fully saturated rings. The third-order valence-corrected chi connectivity index (χ3v) is 1.51. The molecular weight excluding hydrogens is 200 g/mol. The molecule has 0 aliphatic rings. The highest BCUT2D eigenvalue weighted by molar-refractivity contribution is 5.81. The summed E-state index contributed by atoms with van der Waals surface area (Å²) in [4.78, 5) is 24.6. The summed E-state index contributed by atoms with van der Waals surface area (Å²) in [5.41, 5.74) is 3.24. The number of esters is 1. The van der Waals surface area contributed by atoms with Crippen LogP contribution in [0.1, 0.15) is 20.8 Å². The van der Waals surface area contributed by atoms with Crippen molar-refractivity contribution in [3.05, 3.63) is 0 Å². The highest BCUT2D eigenvalue weighted by Crippen LogP contribution is 2.13. The van der Waals surface area contributed by atoms with Crippen molar-refractivity contribution in [3.8, 4) is 0 Å². The van der Waals surface area contributed by atoms with Gasteiger partial charge in [0.25, 0.3) is 0 Å². The van der Waals surface area contributed by atoms with Crippen LogP contribution < -0.4 is 5.73 Å². The maximum atomic E-state index is 11.2. The molecule has 0 aliphatic heterocycles. The maximum Gasteiger partial charge on any atom is 0.352 e. The average Bonchev–Trinajstić information content (AvgIpc) is 2.13. The Labute approximate surface area is 88.4 Å². The van der Waals surface area contributed by atoms with E-state index in [1.807, 2.05) is 0 Å². The summed E-state index contributed by atoms with van der Waals surface area (Å²) in [5, 5.41) is 0. The van der Waals surface area contributed by atoms with Crippen molar-refractivity contribution in [1.82, 2.24) is 0 Å². The second-order valence-electron chi connectivity index (χ2n) is 4.02. The molecule has 0 aromatic rings. The van der Waals surface area contributed by atoms with E-state index in [9.17, 15) is 9.59 Å². The van der Waals surface area contributed by atoms with E-state index < -0.39 is 17.2 Å². The number of isocyanates is 1. The molecule has 0 aromatic heterocycles. The minimum absolute atomic E-state index is 0.238. The van der Waals surface area contributed by atoms with Gasteiger partial charge in [0.15, 0.2) is 0 Å². The topological polar surface area (TPSA) is 91.0 Å². The Bertz CT molecular complexity index is 278. The van der Waals surface area contributed by atoms with E-state index in [4.69, 9.17) is 10.5 Å². The number of carbonyl (C=O) groups is 1. The van der Waals surface area contributed by atoms with Gasteiger partial charge in [-0.1, -0.05) is 0 Å². The van der Waals surface area contributed by atoms with Crippen LogP contribution in [-0.2, 0) is 19.1 Å². The molecule has 0 rings (SSSR count). The molecule has 6 nitrogen and oxygen atoms in total. The van der Waals surface area contributed by atoms with Crippen molar-refractivity contribution in [3.63, 3.8) is 0 Å². The smallest absolute Gasteiger partial charge is 0.352 e. The first kappa shape index (κ1) is 13.8. The van der Waals surface area contributed by atoms with Crippen molar-refractivity contribution in [2.24, 2.45) is 10.7 Å². The van der Waals surface area contributed by atoms with E-state index in [0.29, 0.717) is 0 Å². The molecule has 15 heavy (non-hydrogen) atoms. The number of ether oxygens (including phenoxy) is 2. The summed E-state index contributed by atoms with van der Waals surface area (Å²) in [6.07, 6.45) is 1.23. The Hall–Kier alpha value is -1.23. The molecule has 86 valence electrons. The van der Waals surface area contributed by atoms with E-state index in [2.05, 4.69) is 9.73 Å². The van der Waals surface area contributed by atoms with Gasteiger partial charge in [-0.05, 0) is 20.8 Å². The molecule has 0 saturated heterocycles. The molecule has 1 atom stereocenters. The number of carbonyl (C=O) groups excluding carboxylic acids is 2. The first-order valence-electron chi connectivity index (χ1n) is 4.35. The Morgan fingerprint density at radius 2 is 2.00 bits per heavy atom. The summed E-state index contributed by atoms with van der Waals surface area (Å²) in [5.74, 6) is -0.838. The zero-order chi connectivity index (χ0) is 12.1. The predicted octanol–water partition coefficient (Wildman–Crippen LogP) is -0.0347. The number of nitrogens with two attached hydrogens (primary N) is 1. The summed E-state index contributed by atoms with van der Waals surface area (Å²) >= 11 is 0. The van der Waals surface area contributed by atoms with Crippen LogP contribution in [0.15, 0.2) is 4.99 Å². The third kappa shape index (κ3) is 4.69. The van der Waals surface area contributed by atoms with Crippen molar-refractivity contribution >= 4 is 12.0 Å². The molecule has 0 bridgehead atoms. The fourth-order valence-electron chi connectivity index (χ4n) is 0.722. The Morgan fingerprint density at radius 1 is 1.47 bits per heavy atom. The van der Waals surface area contributed by atoms with Gasteiger partial charge in [0.2, 0.25) is 11.7 Å². The minimum Gasteiger partial charge on any atom is -0.466 e. The van der Waals surface area contributed by atoms with Crippen LogP contribution in [0.3, 0.4) is 0 Å². The van der Waals surface area contributed by atoms with Crippen LogP contribution in [-0.4, -0.2) is 37.0 Å². The lowest BCUT2D eigenvalue weighted by Gasteiger charge is -2.26. The van der Waals surface area contributed by atoms with Gasteiger partial charge in [-0.3, -0.25) is 5.73 Å². The lowest BCUT2D eigenvalue weighted by molar-refractivity contribution is -0.151. The van der Waals surface area contributed by atoms with Crippen molar-refractivity contribution in [2.45, 2.75) is 32.0 Å². The number of aliphatic imine (C=N–C) groups is 1. The molecule has 0 aromatic carbocycles. The molecule has 0 radical (unpaired) electrons. The van der Waals surface area contributed by atoms with E-state index >= 15 is 0 Å². The number of hydrogen-bond acceptors (Lipinski definition) is 6. The van der Waals surface area contributed by atoms with Crippen LogP contribution >= 0.6 is 0 Å². The Morgan fingerprint density at radius 3 is 2.33 bits per heavy atom. The summed E-state index contributed by atoms with van der Waals surface area (Å²) < 4.78 is 9.69. The highest BCUT2D eigenvalue weighted by atomic mass is 16.5. The molecule has 0 heterocycles. The van der Waals surface area contributed by atoms with Crippen molar-refractivity contribution in [2.75, 3.05) is 13.7 Å². The van der Waals surface area contributed by atoms with E-state index in [-0.39, 0.29) is 6.61 Å². The zero-order valence-electron chi connectivity index (χ0n) is 9.36. The maximum absolute atomic E-state index is 11.2. The SMILES string of the molecule is COC(=O)[C@](N)(COC(C)(C)C)N=C=O. The first-order chi connectivity index (χ1) is 6.75. The third-order valence-electron chi connectivity index (χ3n) is 1.51. The molecule has 2 N–H and O–H groups in total. The summed E-state index contributed by atoms with van der Waals surface area (Å²) in [7, 11) is 1.15. The normalized spacial score (nSPS) is 15.0. The van der Waals surface area contributed by atoms with E-state index in [1.165, 1.54) is 6.08 Å². The van der Waals surface area contributed by atoms with E-state index in [0.717, 1.165) is 7.11 Å². The highest BCUT2D eigenvalue weighted by Gasteiger charge is 2.37. The number of nitrogens with zero attached hydrogens (tertiary/aromatic N) is 1. The van der Waals surface area contributed by atoms with Gasteiger partial charge in [0.05, 0.1) is 19.3 Å². The predicted molar refractivity (Wildman–Crippen MR) is 52.8 cm³/mol. The van der Waals surface area contributed by atoms with Gasteiger partial charge in [0, 0.05) is 0 Å². The molecule has 0 spiro atoms. The fraction of sp³-hybridized carbons (Fsp3) is 0.778. The first-order valence-corrected chi connectivity index (χ1v) is 4.35. The number of methoxy groups -OCH3 is 1. The average molecular weight is 216 g/mol. The molecule has 0 unspecified atom stereocenters. The van der Waals surface area contributed by atoms with Crippen LogP contribution in [0.2, 0.25) is 0 Å². The zero-order valence-corrected chi connectivity index (χ0v) is 9.36. The van der Waals surface area contributed by atoms with Crippen LogP contribution in [0, 0.1) is 0 Å². The second kappa shape index (κ2) is 5.02. The van der Waals surface area contributed by atoms with Crippen LogP contribution in [0.4, 0.5) is 0 Å². The second-order valence-corrected chi connectivity index (χ2v) is 4.02. The summed E-state index contributed by atoms with van der Waals surface area (Å²) in [6, 6.07) is 0. The van der Waals surface area contributed by atoms with Crippen LogP contribution in [0.5, 0.6) is 0 Å². The van der Waals surface area contributed by atoms with Gasteiger partial charge < -0.3 is 9.47 Å². The number of hydrogen-bond donors (Lipinski definition) is 1. The Kier molecular flexibility index (Phi) is 4.61. The Balaban J connectivity index is 4.67. The number of rotatable bonds is 4. The van der Waals surface area contributed by atoms with Crippen molar-refractivity contribution < 1.29 is 19.1 Å². The molecule has 0 amide bonds. The molecule has 0 saturated carbocycles. The van der Waals surface area contributed by atoms with Gasteiger partial charge in [0.1, 0.15) is 0 Å². The quantitative estimate of drug-likeness (QED) is 0.404. The van der Waals surface area contributed by atoms with Gasteiger partial charge in [-0.25, -0.2) is 9.59 Å². The fourth-order valence-corrected chi connectivity index (χ4v) is 0.722. The minimum atomic E-state index is -1.82.